The van der Waals surface area contributed by atoms with Crippen LogP contribution in [0.4, 0.5) is 4.79 Å². The molecule has 1 heterocycles. The van der Waals surface area contributed by atoms with E-state index in [-0.39, 0.29) is 30.9 Å². The van der Waals surface area contributed by atoms with Gasteiger partial charge in [-0.3, -0.25) is 9.59 Å². The number of nitrogens with zero attached hydrogens (tertiary/aromatic N) is 1. The van der Waals surface area contributed by atoms with Gasteiger partial charge in [0.15, 0.2) is 0 Å². The molecule has 1 saturated carbocycles. The van der Waals surface area contributed by atoms with Gasteiger partial charge in [-0.2, -0.15) is 0 Å². The fraction of sp³-hybridized carbons (Fsp3) is 0.464. The van der Waals surface area contributed by atoms with Gasteiger partial charge in [0.1, 0.15) is 12.1 Å². The van der Waals surface area contributed by atoms with E-state index >= 15 is 0 Å². The lowest BCUT2D eigenvalue weighted by molar-refractivity contribution is -0.149. The molecule has 1 aliphatic heterocycles. The van der Waals surface area contributed by atoms with Gasteiger partial charge in [-0.05, 0) is 60.8 Å². The quantitative estimate of drug-likeness (QED) is 0.617. The van der Waals surface area contributed by atoms with Crippen LogP contribution in [0.15, 0.2) is 48.5 Å². The van der Waals surface area contributed by atoms with Crippen molar-refractivity contribution in [3.63, 3.8) is 0 Å². The Morgan fingerprint density at radius 2 is 1.69 bits per heavy atom. The maximum absolute atomic E-state index is 13.6. The number of benzene rings is 2. The number of fused-ring (bicyclic) bond motifs is 3. The van der Waals surface area contributed by atoms with Gasteiger partial charge in [0.25, 0.3) is 0 Å². The van der Waals surface area contributed by atoms with E-state index < -0.39 is 23.0 Å². The summed E-state index contributed by atoms with van der Waals surface area (Å²) in [6, 6.07) is 16.3. The molecule has 35 heavy (non-hydrogen) atoms. The molecule has 2 unspecified atom stereocenters. The number of carbonyl (C=O) groups is 3. The van der Waals surface area contributed by atoms with Gasteiger partial charge < -0.3 is 20.1 Å². The van der Waals surface area contributed by atoms with Gasteiger partial charge in [0, 0.05) is 19.0 Å². The summed E-state index contributed by atoms with van der Waals surface area (Å²) in [4.78, 5) is 40.0. The van der Waals surface area contributed by atoms with E-state index in [9.17, 15) is 19.5 Å². The fourth-order valence-corrected chi connectivity index (χ4v) is 5.83. The van der Waals surface area contributed by atoms with Crippen molar-refractivity contribution in [2.45, 2.75) is 51.0 Å². The van der Waals surface area contributed by atoms with Crippen LogP contribution in [0.1, 0.15) is 56.6 Å². The van der Waals surface area contributed by atoms with Gasteiger partial charge in [-0.15, -0.1) is 0 Å². The highest BCUT2D eigenvalue weighted by Gasteiger charge is 2.54. The van der Waals surface area contributed by atoms with E-state index in [2.05, 4.69) is 29.6 Å². The molecule has 0 spiro atoms. The van der Waals surface area contributed by atoms with Crippen LogP contribution in [0, 0.1) is 11.3 Å². The van der Waals surface area contributed by atoms with Gasteiger partial charge in [0.2, 0.25) is 5.91 Å². The number of ether oxygens (including phenoxy) is 1. The molecule has 1 saturated heterocycles. The van der Waals surface area contributed by atoms with Crippen LogP contribution < -0.4 is 5.32 Å². The molecule has 2 atom stereocenters. The predicted octanol–water partition coefficient (Wildman–Crippen LogP) is 4.41. The Morgan fingerprint density at radius 3 is 2.20 bits per heavy atom. The third-order valence-corrected chi connectivity index (χ3v) is 8.31. The molecule has 7 heteroatoms. The zero-order valence-corrected chi connectivity index (χ0v) is 20.3. The molecule has 7 nitrogen and oxygen atoms in total. The number of aliphatic carboxylic acids is 1. The molecular weight excluding hydrogens is 444 g/mol. The fourth-order valence-electron chi connectivity index (χ4n) is 5.83. The number of alkyl carbamates (subject to hydrolysis) is 1. The second-order valence-electron chi connectivity index (χ2n) is 10.3. The average Bonchev–Trinajstić information content (AvgIpc) is 3.55. The summed E-state index contributed by atoms with van der Waals surface area (Å²) in [6.07, 6.45) is 1.96. The summed E-state index contributed by atoms with van der Waals surface area (Å²) in [5.41, 5.74) is 2.55. The number of carboxylic acid groups (broad SMARTS) is 1. The zero-order valence-electron chi connectivity index (χ0n) is 20.3. The molecule has 0 radical (unpaired) electrons. The normalized spacial score (nSPS) is 22.7. The monoisotopic (exact) mass is 476 g/mol. The van der Waals surface area contributed by atoms with Crippen molar-refractivity contribution in [3.05, 3.63) is 59.7 Å². The Bertz CT molecular complexity index is 1130. The molecule has 184 valence electrons. The van der Waals surface area contributed by atoms with E-state index in [1.54, 1.807) is 11.8 Å². The Hall–Kier alpha value is -3.35. The van der Waals surface area contributed by atoms with Crippen LogP contribution >= 0.6 is 0 Å². The van der Waals surface area contributed by atoms with Crippen LogP contribution in [0.5, 0.6) is 0 Å². The van der Waals surface area contributed by atoms with E-state index in [1.165, 1.54) is 0 Å². The van der Waals surface area contributed by atoms with Crippen LogP contribution in [-0.2, 0) is 14.3 Å². The van der Waals surface area contributed by atoms with Crippen molar-refractivity contribution in [1.29, 1.82) is 0 Å². The molecule has 2 amide bonds. The van der Waals surface area contributed by atoms with Crippen molar-refractivity contribution < 1.29 is 24.2 Å². The minimum absolute atomic E-state index is 0.0249. The third-order valence-electron chi connectivity index (χ3n) is 8.31. The van der Waals surface area contributed by atoms with Gasteiger partial charge in [0.05, 0.1) is 5.41 Å². The Kier molecular flexibility index (Phi) is 5.82. The number of likely N-dealkylation sites (tertiary alicyclic amines) is 1. The Labute approximate surface area is 205 Å². The number of rotatable bonds is 7. The van der Waals surface area contributed by atoms with Gasteiger partial charge in [-0.1, -0.05) is 55.5 Å². The summed E-state index contributed by atoms with van der Waals surface area (Å²) in [7, 11) is 0. The molecule has 2 N–H and O–H groups in total. The second kappa shape index (κ2) is 8.70. The molecular formula is C28H32N2O5. The van der Waals surface area contributed by atoms with Gasteiger partial charge in [-0.25, -0.2) is 4.79 Å². The molecule has 0 bridgehead atoms. The van der Waals surface area contributed by atoms with Crippen LogP contribution in [0.25, 0.3) is 11.1 Å². The number of hydrogen-bond donors (Lipinski definition) is 2. The summed E-state index contributed by atoms with van der Waals surface area (Å²) < 4.78 is 5.71. The third kappa shape index (κ3) is 3.97. The molecule has 2 fully saturated rings. The zero-order chi connectivity index (χ0) is 24.8. The van der Waals surface area contributed by atoms with Crippen LogP contribution in [0.2, 0.25) is 0 Å². The number of nitrogens with one attached hydrogen (secondary N) is 1. The first-order valence-corrected chi connectivity index (χ1v) is 12.4. The van der Waals surface area contributed by atoms with Crippen LogP contribution in [-0.4, -0.2) is 53.2 Å². The molecule has 2 aromatic carbocycles. The van der Waals surface area contributed by atoms with Crippen molar-refractivity contribution in [2.75, 3.05) is 19.7 Å². The largest absolute Gasteiger partial charge is 0.481 e. The highest BCUT2D eigenvalue weighted by Crippen LogP contribution is 2.45. The molecule has 5 rings (SSSR count). The molecule has 0 aromatic heterocycles. The van der Waals surface area contributed by atoms with E-state index in [0.29, 0.717) is 19.4 Å². The van der Waals surface area contributed by atoms with Crippen LogP contribution in [0.3, 0.4) is 0 Å². The SMILES string of the molecule is CCC1(C(=O)O)CCN(C(=O)C(C)(NC(=O)OCC2c3ccccc3-c3ccccc32)C2CC2)C1. The lowest BCUT2D eigenvalue weighted by atomic mass is 9.84. The summed E-state index contributed by atoms with van der Waals surface area (Å²) in [6.45, 7) is 4.33. The maximum atomic E-state index is 13.6. The summed E-state index contributed by atoms with van der Waals surface area (Å²) in [5.74, 6) is -1.12. The standard InChI is InChI=1S/C28H32N2O5/c1-3-28(25(32)33)14-15-30(17-28)24(31)27(2,18-12-13-18)29-26(34)35-16-23-21-10-6-4-8-19(21)20-9-5-7-11-22(20)23/h4-11,18,23H,3,12-17H2,1-2H3,(H,29,34)(H,32,33). The topological polar surface area (TPSA) is 95.9 Å². The maximum Gasteiger partial charge on any atom is 0.408 e. The van der Waals surface area contributed by atoms with Crippen molar-refractivity contribution >= 4 is 18.0 Å². The molecule has 2 aromatic rings. The van der Waals surface area contributed by atoms with Crippen molar-refractivity contribution in [1.82, 2.24) is 10.2 Å². The highest BCUT2D eigenvalue weighted by atomic mass is 16.5. The van der Waals surface area contributed by atoms with E-state index in [0.717, 1.165) is 35.1 Å². The average molecular weight is 477 g/mol. The smallest absolute Gasteiger partial charge is 0.408 e. The lowest BCUT2D eigenvalue weighted by Gasteiger charge is -2.34. The highest BCUT2D eigenvalue weighted by molar-refractivity contribution is 5.91. The minimum atomic E-state index is -1.11. The van der Waals surface area contributed by atoms with Gasteiger partial charge >= 0.3 is 12.1 Å². The second-order valence-corrected chi connectivity index (χ2v) is 10.3. The number of hydrogen-bond acceptors (Lipinski definition) is 4. The molecule has 2 aliphatic carbocycles. The number of amides is 2. The summed E-state index contributed by atoms with van der Waals surface area (Å²) >= 11 is 0. The number of carbonyl (C=O) groups excluding carboxylic acids is 2. The number of carboxylic acids is 1. The minimum Gasteiger partial charge on any atom is -0.481 e. The predicted molar refractivity (Wildman–Crippen MR) is 131 cm³/mol. The summed E-state index contributed by atoms with van der Waals surface area (Å²) in [5, 5.41) is 12.6. The molecule has 3 aliphatic rings. The first-order valence-electron chi connectivity index (χ1n) is 12.4. The first-order chi connectivity index (χ1) is 16.8. The van der Waals surface area contributed by atoms with Crippen molar-refractivity contribution in [3.8, 4) is 11.1 Å². The van der Waals surface area contributed by atoms with E-state index in [4.69, 9.17) is 4.74 Å². The Morgan fingerprint density at radius 1 is 1.09 bits per heavy atom. The first kappa shape index (κ1) is 23.4. The van der Waals surface area contributed by atoms with E-state index in [1.807, 2.05) is 31.2 Å². The lowest BCUT2D eigenvalue weighted by Crippen LogP contribution is -2.59. The Balaban J connectivity index is 1.28. The van der Waals surface area contributed by atoms with Crippen molar-refractivity contribution in [2.24, 2.45) is 11.3 Å².